The van der Waals surface area contributed by atoms with Gasteiger partial charge in [0.25, 0.3) is 0 Å². The highest BCUT2D eigenvalue weighted by Gasteiger charge is 2.19. The Labute approximate surface area is 99.2 Å². The summed E-state index contributed by atoms with van der Waals surface area (Å²) in [5.41, 5.74) is 0. The number of hydrogen-bond acceptors (Lipinski definition) is 4. The molecule has 1 aliphatic rings. The lowest BCUT2D eigenvalue weighted by Gasteiger charge is -2.35. The van der Waals surface area contributed by atoms with E-state index in [9.17, 15) is 0 Å². The monoisotopic (exact) mass is 232 g/mol. The van der Waals surface area contributed by atoms with Gasteiger partial charge in [-0.15, -0.1) is 0 Å². The summed E-state index contributed by atoms with van der Waals surface area (Å²) in [4.78, 5) is 4.84. The standard InChI is InChI=1S/C11H24N2OS/c1-12-5-3-11(4-6-12)13(2)7-8-14-9-10-15/h11,15H,3-10H2,1-2H3. The van der Waals surface area contributed by atoms with Gasteiger partial charge in [-0.2, -0.15) is 12.6 Å². The molecule has 0 amide bonds. The SMILES string of the molecule is CN1CCC(N(C)CCOCCS)CC1. The summed E-state index contributed by atoms with van der Waals surface area (Å²) in [6, 6.07) is 0.751. The van der Waals surface area contributed by atoms with Crippen molar-refractivity contribution in [3.05, 3.63) is 0 Å². The fourth-order valence-corrected chi connectivity index (χ4v) is 2.12. The molecule has 1 rings (SSSR count). The van der Waals surface area contributed by atoms with Crippen LogP contribution < -0.4 is 0 Å². The maximum Gasteiger partial charge on any atom is 0.0593 e. The number of likely N-dealkylation sites (tertiary alicyclic amines) is 1. The molecule has 1 heterocycles. The van der Waals surface area contributed by atoms with Crippen LogP contribution in [-0.2, 0) is 4.74 Å². The lowest BCUT2D eigenvalue weighted by atomic mass is 10.0. The zero-order valence-electron chi connectivity index (χ0n) is 9.98. The highest BCUT2D eigenvalue weighted by Crippen LogP contribution is 2.13. The fourth-order valence-electron chi connectivity index (χ4n) is 1.99. The van der Waals surface area contributed by atoms with E-state index in [4.69, 9.17) is 4.74 Å². The molecule has 1 saturated heterocycles. The third kappa shape index (κ3) is 5.20. The van der Waals surface area contributed by atoms with Gasteiger partial charge in [0.05, 0.1) is 13.2 Å². The van der Waals surface area contributed by atoms with Gasteiger partial charge in [-0.3, -0.25) is 0 Å². The van der Waals surface area contributed by atoms with Crippen molar-refractivity contribution in [1.29, 1.82) is 0 Å². The van der Waals surface area contributed by atoms with Crippen LogP contribution in [0.5, 0.6) is 0 Å². The number of rotatable bonds is 6. The van der Waals surface area contributed by atoms with Crippen LogP contribution in [0.3, 0.4) is 0 Å². The van der Waals surface area contributed by atoms with Gasteiger partial charge in [0.15, 0.2) is 0 Å². The average molecular weight is 232 g/mol. The van der Waals surface area contributed by atoms with Crippen molar-refractivity contribution in [3.8, 4) is 0 Å². The summed E-state index contributed by atoms with van der Waals surface area (Å²) in [6.45, 7) is 5.11. The van der Waals surface area contributed by atoms with Gasteiger partial charge >= 0.3 is 0 Å². The summed E-state index contributed by atoms with van der Waals surface area (Å²) >= 11 is 4.11. The quantitative estimate of drug-likeness (QED) is 0.542. The molecule has 3 nitrogen and oxygen atoms in total. The number of thiol groups is 1. The molecule has 0 spiro atoms. The maximum atomic E-state index is 5.44. The number of likely N-dealkylation sites (N-methyl/N-ethyl adjacent to an activating group) is 1. The van der Waals surface area contributed by atoms with E-state index in [-0.39, 0.29) is 0 Å². The van der Waals surface area contributed by atoms with E-state index in [2.05, 4.69) is 36.5 Å². The normalized spacial score (nSPS) is 20.0. The van der Waals surface area contributed by atoms with Crippen LogP contribution in [0, 0.1) is 0 Å². The Bertz CT molecular complexity index is 161. The molecular formula is C11H24N2OS. The molecule has 0 saturated carbocycles. The third-order valence-corrected chi connectivity index (χ3v) is 3.32. The smallest absolute Gasteiger partial charge is 0.0593 e. The molecule has 15 heavy (non-hydrogen) atoms. The zero-order valence-corrected chi connectivity index (χ0v) is 10.9. The van der Waals surface area contributed by atoms with Crippen molar-refractivity contribution in [2.75, 3.05) is 52.7 Å². The Morgan fingerprint density at radius 1 is 1.33 bits per heavy atom. The van der Waals surface area contributed by atoms with Gasteiger partial charge < -0.3 is 14.5 Å². The highest BCUT2D eigenvalue weighted by atomic mass is 32.1. The topological polar surface area (TPSA) is 15.7 Å². The Balaban J connectivity index is 2.08. The second-order valence-electron chi connectivity index (χ2n) is 4.35. The van der Waals surface area contributed by atoms with Crippen LogP contribution in [0.25, 0.3) is 0 Å². The van der Waals surface area contributed by atoms with E-state index in [1.165, 1.54) is 25.9 Å². The van der Waals surface area contributed by atoms with E-state index in [0.29, 0.717) is 0 Å². The van der Waals surface area contributed by atoms with E-state index >= 15 is 0 Å². The first-order valence-corrected chi connectivity index (χ1v) is 6.44. The Kier molecular flexibility index (Phi) is 6.64. The molecule has 0 aliphatic carbocycles. The molecule has 0 aromatic heterocycles. The predicted octanol–water partition coefficient (Wildman–Crippen LogP) is 0.959. The Morgan fingerprint density at radius 2 is 2.00 bits per heavy atom. The van der Waals surface area contributed by atoms with Crippen molar-refractivity contribution < 1.29 is 4.74 Å². The number of hydrogen-bond donors (Lipinski definition) is 1. The van der Waals surface area contributed by atoms with Gasteiger partial charge in [0.2, 0.25) is 0 Å². The summed E-state index contributed by atoms with van der Waals surface area (Å²) in [6.07, 6.45) is 2.58. The molecule has 0 atom stereocenters. The van der Waals surface area contributed by atoms with E-state index < -0.39 is 0 Å². The Morgan fingerprint density at radius 3 is 2.60 bits per heavy atom. The van der Waals surface area contributed by atoms with Gasteiger partial charge in [-0.05, 0) is 40.0 Å². The van der Waals surface area contributed by atoms with Crippen LogP contribution in [0.1, 0.15) is 12.8 Å². The largest absolute Gasteiger partial charge is 0.379 e. The summed E-state index contributed by atoms with van der Waals surface area (Å²) < 4.78 is 5.44. The minimum absolute atomic E-state index is 0.751. The summed E-state index contributed by atoms with van der Waals surface area (Å²) in [5, 5.41) is 0. The number of nitrogens with zero attached hydrogens (tertiary/aromatic N) is 2. The second kappa shape index (κ2) is 7.49. The molecule has 0 aromatic rings. The summed E-state index contributed by atoms with van der Waals surface area (Å²) in [7, 11) is 4.41. The van der Waals surface area contributed by atoms with E-state index in [1.54, 1.807) is 0 Å². The Hall–Kier alpha value is 0.230. The molecule has 1 fully saturated rings. The lowest BCUT2D eigenvalue weighted by Crippen LogP contribution is -2.43. The van der Waals surface area contributed by atoms with Gasteiger partial charge in [0.1, 0.15) is 0 Å². The minimum atomic E-state index is 0.751. The van der Waals surface area contributed by atoms with Crippen LogP contribution in [-0.4, -0.2) is 68.5 Å². The first-order valence-electron chi connectivity index (χ1n) is 5.81. The van der Waals surface area contributed by atoms with Crippen molar-refractivity contribution in [2.45, 2.75) is 18.9 Å². The molecule has 1 aliphatic heterocycles. The average Bonchev–Trinajstić information content (AvgIpc) is 2.25. The first kappa shape index (κ1) is 13.3. The molecular weight excluding hydrogens is 208 g/mol. The zero-order chi connectivity index (χ0) is 11.1. The highest BCUT2D eigenvalue weighted by molar-refractivity contribution is 7.80. The first-order chi connectivity index (χ1) is 7.24. The van der Waals surface area contributed by atoms with Gasteiger partial charge in [-0.25, -0.2) is 0 Å². The van der Waals surface area contributed by atoms with Gasteiger partial charge in [-0.1, -0.05) is 0 Å². The molecule has 0 unspecified atom stereocenters. The van der Waals surface area contributed by atoms with Crippen LogP contribution in [0.2, 0.25) is 0 Å². The van der Waals surface area contributed by atoms with E-state index in [1.807, 2.05) is 0 Å². The minimum Gasteiger partial charge on any atom is -0.379 e. The predicted molar refractivity (Wildman–Crippen MR) is 67.8 cm³/mol. The number of piperidine rings is 1. The summed E-state index contributed by atoms with van der Waals surface area (Å²) in [5.74, 6) is 0.817. The van der Waals surface area contributed by atoms with E-state index in [0.717, 1.165) is 31.6 Å². The van der Waals surface area contributed by atoms with Crippen LogP contribution >= 0.6 is 12.6 Å². The van der Waals surface area contributed by atoms with Crippen LogP contribution in [0.4, 0.5) is 0 Å². The second-order valence-corrected chi connectivity index (χ2v) is 4.80. The molecule has 0 aromatic carbocycles. The van der Waals surface area contributed by atoms with Crippen molar-refractivity contribution in [1.82, 2.24) is 9.80 Å². The molecule has 90 valence electrons. The van der Waals surface area contributed by atoms with Crippen molar-refractivity contribution >= 4 is 12.6 Å². The number of ether oxygens (including phenoxy) is 1. The third-order valence-electron chi connectivity index (χ3n) is 3.14. The van der Waals surface area contributed by atoms with Gasteiger partial charge in [0, 0.05) is 18.3 Å². The lowest BCUT2D eigenvalue weighted by molar-refractivity contribution is 0.0877. The fraction of sp³-hybridized carbons (Fsp3) is 1.00. The van der Waals surface area contributed by atoms with Crippen molar-refractivity contribution in [3.63, 3.8) is 0 Å². The molecule has 0 N–H and O–H groups in total. The molecule has 4 heteroatoms. The molecule has 0 radical (unpaired) electrons. The molecule has 0 bridgehead atoms. The van der Waals surface area contributed by atoms with Crippen molar-refractivity contribution in [2.24, 2.45) is 0 Å². The maximum absolute atomic E-state index is 5.44. The van der Waals surface area contributed by atoms with Crippen LogP contribution in [0.15, 0.2) is 0 Å².